The minimum Gasteiger partial charge on any atom is -0.476 e. The molecule has 0 aliphatic heterocycles. The third-order valence-corrected chi connectivity index (χ3v) is 2.54. The van der Waals surface area contributed by atoms with Crippen LogP contribution in [0.2, 0.25) is 0 Å². The van der Waals surface area contributed by atoms with Crippen molar-refractivity contribution in [3.63, 3.8) is 0 Å². The highest BCUT2D eigenvalue weighted by Crippen LogP contribution is 2.25. The van der Waals surface area contributed by atoms with E-state index in [9.17, 15) is 4.79 Å². The first-order valence-electron chi connectivity index (χ1n) is 4.78. The van der Waals surface area contributed by atoms with Gasteiger partial charge in [0.2, 0.25) is 0 Å². The number of aromatic carboxylic acids is 1. The van der Waals surface area contributed by atoms with Crippen molar-refractivity contribution in [2.75, 3.05) is 0 Å². The van der Waals surface area contributed by atoms with E-state index in [0.717, 1.165) is 4.47 Å². The van der Waals surface area contributed by atoms with Crippen LogP contribution in [0, 0.1) is 0 Å². The van der Waals surface area contributed by atoms with E-state index in [-0.39, 0.29) is 11.4 Å². The van der Waals surface area contributed by atoms with Crippen LogP contribution in [0.3, 0.4) is 0 Å². The molecule has 1 aromatic heterocycles. The molecule has 0 radical (unpaired) electrons. The molecule has 0 bridgehead atoms. The minimum atomic E-state index is -1.11. The number of hydrogen-bond acceptors (Lipinski definition) is 3. The number of pyridine rings is 1. The van der Waals surface area contributed by atoms with Crippen molar-refractivity contribution in [1.82, 2.24) is 4.98 Å². The van der Waals surface area contributed by atoms with Crippen LogP contribution >= 0.6 is 15.9 Å². The lowest BCUT2D eigenvalue weighted by Crippen LogP contribution is -2.02. The summed E-state index contributed by atoms with van der Waals surface area (Å²) in [6.45, 7) is 0. The van der Waals surface area contributed by atoms with E-state index in [0.29, 0.717) is 5.75 Å². The smallest absolute Gasteiger partial charge is 0.358 e. The minimum absolute atomic E-state index is 0.101. The number of carboxylic acids is 1. The number of benzene rings is 1. The first-order chi connectivity index (χ1) is 8.16. The number of nitrogens with zero attached hydrogens (tertiary/aromatic N) is 1. The molecule has 5 heteroatoms. The van der Waals surface area contributed by atoms with Crippen LogP contribution in [0.5, 0.6) is 11.5 Å². The molecule has 1 aromatic carbocycles. The van der Waals surface area contributed by atoms with E-state index >= 15 is 0 Å². The quantitative estimate of drug-likeness (QED) is 0.943. The average Bonchev–Trinajstić information content (AvgIpc) is 2.32. The van der Waals surface area contributed by atoms with Gasteiger partial charge in [-0.15, -0.1) is 0 Å². The fourth-order valence-electron chi connectivity index (χ4n) is 1.26. The van der Waals surface area contributed by atoms with E-state index in [2.05, 4.69) is 20.9 Å². The van der Waals surface area contributed by atoms with Crippen molar-refractivity contribution < 1.29 is 14.6 Å². The number of ether oxygens (including phenoxy) is 1. The Labute approximate surface area is 106 Å². The van der Waals surface area contributed by atoms with E-state index in [1.54, 1.807) is 24.3 Å². The fourth-order valence-corrected chi connectivity index (χ4v) is 1.53. The summed E-state index contributed by atoms with van der Waals surface area (Å²) in [5.74, 6) is -0.330. The Balaban J connectivity index is 2.30. The largest absolute Gasteiger partial charge is 0.476 e. The van der Waals surface area contributed by atoms with Crippen LogP contribution in [0.4, 0.5) is 0 Å². The summed E-state index contributed by atoms with van der Waals surface area (Å²) in [5, 5.41) is 8.94. The van der Waals surface area contributed by atoms with Crippen molar-refractivity contribution in [3.05, 3.63) is 52.8 Å². The molecule has 17 heavy (non-hydrogen) atoms. The monoisotopic (exact) mass is 293 g/mol. The summed E-state index contributed by atoms with van der Waals surface area (Å²) in [7, 11) is 0. The standard InChI is InChI=1S/C12H8BrNO3/c13-8-3-5-9(6-4-8)17-10-2-1-7-14-11(10)12(15)16/h1-7H,(H,15,16). The summed E-state index contributed by atoms with van der Waals surface area (Å²) in [4.78, 5) is 14.7. The molecule has 2 aromatic rings. The molecule has 0 atom stereocenters. The molecular weight excluding hydrogens is 286 g/mol. The van der Waals surface area contributed by atoms with Gasteiger partial charge in [-0.05, 0) is 36.4 Å². The zero-order chi connectivity index (χ0) is 12.3. The van der Waals surface area contributed by atoms with Crippen molar-refractivity contribution in [3.8, 4) is 11.5 Å². The Kier molecular flexibility index (Phi) is 3.39. The molecule has 1 N–H and O–H groups in total. The Morgan fingerprint density at radius 1 is 1.24 bits per heavy atom. The van der Waals surface area contributed by atoms with Gasteiger partial charge in [-0.1, -0.05) is 15.9 Å². The molecule has 0 unspecified atom stereocenters. The summed E-state index contributed by atoms with van der Waals surface area (Å²) in [6, 6.07) is 10.3. The zero-order valence-electron chi connectivity index (χ0n) is 8.63. The Morgan fingerprint density at radius 3 is 2.59 bits per heavy atom. The highest BCUT2D eigenvalue weighted by molar-refractivity contribution is 9.10. The molecule has 0 aliphatic rings. The lowest BCUT2D eigenvalue weighted by Gasteiger charge is -2.07. The van der Waals surface area contributed by atoms with Gasteiger partial charge in [0.15, 0.2) is 11.4 Å². The molecule has 2 rings (SSSR count). The second-order valence-electron chi connectivity index (χ2n) is 3.21. The van der Waals surface area contributed by atoms with Crippen molar-refractivity contribution in [2.24, 2.45) is 0 Å². The number of carboxylic acid groups (broad SMARTS) is 1. The van der Waals surface area contributed by atoms with Gasteiger partial charge in [-0.2, -0.15) is 0 Å². The molecule has 0 spiro atoms. The molecule has 0 amide bonds. The maximum absolute atomic E-state index is 10.9. The van der Waals surface area contributed by atoms with Crippen molar-refractivity contribution >= 4 is 21.9 Å². The molecule has 1 heterocycles. The molecular formula is C12H8BrNO3. The van der Waals surface area contributed by atoms with Gasteiger partial charge in [-0.3, -0.25) is 0 Å². The molecule has 0 saturated heterocycles. The highest BCUT2D eigenvalue weighted by atomic mass is 79.9. The molecule has 0 saturated carbocycles. The van der Waals surface area contributed by atoms with Gasteiger partial charge in [0, 0.05) is 10.7 Å². The van der Waals surface area contributed by atoms with E-state index in [1.807, 2.05) is 12.1 Å². The fraction of sp³-hybridized carbons (Fsp3) is 0. The van der Waals surface area contributed by atoms with Gasteiger partial charge < -0.3 is 9.84 Å². The van der Waals surface area contributed by atoms with Gasteiger partial charge in [0.25, 0.3) is 0 Å². The van der Waals surface area contributed by atoms with Crippen LogP contribution in [-0.2, 0) is 0 Å². The lowest BCUT2D eigenvalue weighted by atomic mass is 10.3. The Hall–Kier alpha value is -1.88. The predicted molar refractivity (Wildman–Crippen MR) is 65.4 cm³/mol. The number of carbonyl (C=O) groups is 1. The van der Waals surface area contributed by atoms with E-state index < -0.39 is 5.97 Å². The van der Waals surface area contributed by atoms with Crippen molar-refractivity contribution in [1.29, 1.82) is 0 Å². The van der Waals surface area contributed by atoms with Gasteiger partial charge >= 0.3 is 5.97 Å². The summed E-state index contributed by atoms with van der Waals surface area (Å²) < 4.78 is 6.39. The van der Waals surface area contributed by atoms with Crippen LogP contribution in [0.1, 0.15) is 10.5 Å². The number of rotatable bonds is 3. The van der Waals surface area contributed by atoms with Crippen molar-refractivity contribution in [2.45, 2.75) is 0 Å². The maximum atomic E-state index is 10.9. The first kappa shape index (κ1) is 11.6. The molecule has 0 aliphatic carbocycles. The van der Waals surface area contributed by atoms with Crippen LogP contribution < -0.4 is 4.74 Å². The van der Waals surface area contributed by atoms with Gasteiger partial charge in [0.05, 0.1) is 0 Å². The molecule has 4 nitrogen and oxygen atoms in total. The van der Waals surface area contributed by atoms with Crippen LogP contribution in [0.15, 0.2) is 47.1 Å². The second-order valence-corrected chi connectivity index (χ2v) is 4.13. The second kappa shape index (κ2) is 4.97. The number of halogens is 1. The lowest BCUT2D eigenvalue weighted by molar-refractivity contribution is 0.0687. The SMILES string of the molecule is O=C(O)c1ncccc1Oc1ccc(Br)cc1. The number of hydrogen-bond donors (Lipinski definition) is 1. The highest BCUT2D eigenvalue weighted by Gasteiger charge is 2.12. The third kappa shape index (κ3) is 2.82. The molecule has 0 fully saturated rings. The van der Waals surface area contributed by atoms with Gasteiger partial charge in [0.1, 0.15) is 5.75 Å². The zero-order valence-corrected chi connectivity index (χ0v) is 10.2. The summed E-state index contributed by atoms with van der Waals surface area (Å²) in [6.07, 6.45) is 1.41. The molecule has 86 valence electrons. The number of aromatic nitrogens is 1. The normalized spacial score (nSPS) is 9.94. The average molecular weight is 294 g/mol. The Bertz CT molecular complexity index is 540. The maximum Gasteiger partial charge on any atom is 0.358 e. The van der Waals surface area contributed by atoms with Crippen LogP contribution in [0.25, 0.3) is 0 Å². The van der Waals surface area contributed by atoms with E-state index in [1.165, 1.54) is 6.20 Å². The summed E-state index contributed by atoms with van der Waals surface area (Å²) in [5.41, 5.74) is -0.101. The predicted octanol–water partition coefficient (Wildman–Crippen LogP) is 3.33. The van der Waals surface area contributed by atoms with E-state index in [4.69, 9.17) is 9.84 Å². The van der Waals surface area contributed by atoms with Crippen LogP contribution in [-0.4, -0.2) is 16.1 Å². The third-order valence-electron chi connectivity index (χ3n) is 2.01. The van der Waals surface area contributed by atoms with Gasteiger partial charge in [-0.25, -0.2) is 9.78 Å². The first-order valence-corrected chi connectivity index (χ1v) is 5.58. The Morgan fingerprint density at radius 2 is 1.94 bits per heavy atom. The summed E-state index contributed by atoms with van der Waals surface area (Å²) >= 11 is 3.31. The topological polar surface area (TPSA) is 59.4 Å².